The van der Waals surface area contributed by atoms with E-state index >= 15 is 0 Å². The van der Waals surface area contributed by atoms with E-state index in [0.29, 0.717) is 17.7 Å². The number of pyridine rings is 1. The molecule has 1 N–H and O–H groups in total. The molecule has 37 heavy (non-hydrogen) atoms. The summed E-state index contributed by atoms with van der Waals surface area (Å²) >= 11 is 0. The highest BCUT2D eigenvalue weighted by atomic mass is 15.3. The lowest BCUT2D eigenvalue weighted by Gasteiger charge is -2.31. The molecule has 5 aromatic heterocycles. The van der Waals surface area contributed by atoms with E-state index < -0.39 is 0 Å². The van der Waals surface area contributed by atoms with Crippen LogP contribution in [0.2, 0.25) is 0 Å². The lowest BCUT2D eigenvalue weighted by atomic mass is 9.96. The summed E-state index contributed by atoms with van der Waals surface area (Å²) in [5, 5.41) is 7.59. The maximum Gasteiger partial charge on any atom is 0.225 e. The molecule has 0 saturated carbocycles. The van der Waals surface area contributed by atoms with E-state index in [9.17, 15) is 0 Å². The fourth-order valence-electron chi connectivity index (χ4n) is 4.74. The van der Waals surface area contributed by atoms with Crippen molar-refractivity contribution < 1.29 is 0 Å². The molecule has 0 unspecified atom stereocenters. The number of imidazole rings is 1. The van der Waals surface area contributed by atoms with Crippen LogP contribution in [-0.2, 0) is 0 Å². The van der Waals surface area contributed by atoms with Crippen LogP contribution in [0.1, 0.15) is 55.6 Å². The number of fused-ring (bicyclic) bond motifs is 1. The van der Waals surface area contributed by atoms with Crippen LogP contribution in [0.4, 0.5) is 17.5 Å². The van der Waals surface area contributed by atoms with E-state index in [1.54, 1.807) is 11.0 Å². The van der Waals surface area contributed by atoms with E-state index in [1.807, 2.05) is 50.0 Å². The van der Waals surface area contributed by atoms with Gasteiger partial charge in [-0.3, -0.25) is 4.40 Å². The normalized spacial score (nSPS) is 14.5. The molecule has 1 aliphatic heterocycles. The van der Waals surface area contributed by atoms with Crippen LogP contribution in [-0.4, -0.2) is 57.2 Å². The predicted octanol–water partition coefficient (Wildman–Crippen LogP) is 4.05. The second kappa shape index (κ2) is 9.57. The second-order valence-electron chi connectivity index (χ2n) is 9.65. The molecule has 0 atom stereocenters. The molecule has 1 fully saturated rings. The van der Waals surface area contributed by atoms with Gasteiger partial charge in [0.1, 0.15) is 24.0 Å². The fraction of sp³-hybridized carbons (Fsp3) is 0.346. The number of piperidine rings is 1. The summed E-state index contributed by atoms with van der Waals surface area (Å²) in [6.07, 6.45) is 14.7. The van der Waals surface area contributed by atoms with Crippen molar-refractivity contribution in [3.63, 3.8) is 0 Å². The molecule has 0 spiro atoms. The minimum absolute atomic E-state index is 0.356. The second-order valence-corrected chi connectivity index (χ2v) is 9.65. The first-order valence-corrected chi connectivity index (χ1v) is 12.6. The Hall–Kier alpha value is -4.41. The molecule has 1 aliphatic rings. The van der Waals surface area contributed by atoms with Gasteiger partial charge in [0.25, 0.3) is 0 Å². The number of hydrogen-bond donors (Lipinski definition) is 1. The van der Waals surface area contributed by atoms with Crippen LogP contribution in [0, 0.1) is 6.92 Å². The summed E-state index contributed by atoms with van der Waals surface area (Å²) in [6, 6.07) is 3.88. The smallest absolute Gasteiger partial charge is 0.225 e. The lowest BCUT2D eigenvalue weighted by Crippen LogP contribution is -2.34. The summed E-state index contributed by atoms with van der Waals surface area (Å²) < 4.78 is 3.78. The largest absolute Gasteiger partial charge is 0.341 e. The first-order valence-electron chi connectivity index (χ1n) is 12.6. The molecular weight excluding hydrogens is 466 g/mol. The standard InChI is InChI=1S/C26H29N11/c1-17(2)20-12-30-26(31-13-20)35-9-6-19(7-10-35)25-29-14-22-24(28-8-11-36(22)25)34-21-4-5-23(33-18(21)3)37-16-27-15-32-37/h4-5,8,11-17,19H,6-7,9-10H2,1-3H3,(H,28,34). The third-order valence-corrected chi connectivity index (χ3v) is 6.93. The number of anilines is 3. The Morgan fingerprint density at radius 2 is 1.81 bits per heavy atom. The van der Waals surface area contributed by atoms with E-state index in [0.717, 1.165) is 66.0 Å². The first kappa shape index (κ1) is 23.0. The van der Waals surface area contributed by atoms with E-state index in [-0.39, 0.29) is 0 Å². The van der Waals surface area contributed by atoms with Crippen LogP contribution < -0.4 is 10.2 Å². The fourth-order valence-corrected chi connectivity index (χ4v) is 4.74. The average Bonchev–Trinajstić information content (AvgIpc) is 3.61. The number of nitrogens with zero attached hydrogens (tertiary/aromatic N) is 10. The summed E-state index contributed by atoms with van der Waals surface area (Å²) in [5.74, 6) is 4.12. The molecule has 6 heterocycles. The van der Waals surface area contributed by atoms with Crippen LogP contribution in [0.3, 0.4) is 0 Å². The van der Waals surface area contributed by atoms with Gasteiger partial charge in [-0.2, -0.15) is 5.10 Å². The molecule has 188 valence electrons. The highest BCUT2D eigenvalue weighted by Crippen LogP contribution is 2.31. The number of rotatable bonds is 6. The summed E-state index contributed by atoms with van der Waals surface area (Å²) in [5.41, 5.74) is 3.82. The summed E-state index contributed by atoms with van der Waals surface area (Å²) in [6.45, 7) is 8.07. The van der Waals surface area contributed by atoms with Gasteiger partial charge in [0.05, 0.1) is 17.6 Å². The third-order valence-electron chi connectivity index (χ3n) is 6.93. The molecule has 11 heteroatoms. The number of nitrogens with one attached hydrogen (secondary N) is 1. The van der Waals surface area contributed by atoms with Crippen LogP contribution in [0.15, 0.2) is 55.8 Å². The minimum Gasteiger partial charge on any atom is -0.341 e. The Kier molecular flexibility index (Phi) is 5.95. The maximum atomic E-state index is 4.82. The molecule has 0 radical (unpaired) electrons. The highest BCUT2D eigenvalue weighted by molar-refractivity contribution is 5.74. The van der Waals surface area contributed by atoms with Gasteiger partial charge in [-0.15, -0.1) is 0 Å². The van der Waals surface area contributed by atoms with Gasteiger partial charge in [-0.1, -0.05) is 13.8 Å². The van der Waals surface area contributed by atoms with Crippen molar-refractivity contribution in [2.45, 2.75) is 45.4 Å². The molecule has 0 aromatic carbocycles. The van der Waals surface area contributed by atoms with Gasteiger partial charge in [0.15, 0.2) is 11.6 Å². The Labute approximate surface area is 214 Å². The van der Waals surface area contributed by atoms with Gasteiger partial charge >= 0.3 is 0 Å². The number of aryl methyl sites for hydroxylation is 1. The van der Waals surface area contributed by atoms with Crippen molar-refractivity contribution in [3.05, 3.63) is 72.9 Å². The molecule has 0 aliphatic carbocycles. The highest BCUT2D eigenvalue weighted by Gasteiger charge is 2.26. The monoisotopic (exact) mass is 495 g/mol. The van der Waals surface area contributed by atoms with Crippen molar-refractivity contribution in [1.29, 1.82) is 0 Å². The van der Waals surface area contributed by atoms with Gasteiger partial charge in [-0.25, -0.2) is 34.6 Å². The molecule has 6 rings (SSSR count). The van der Waals surface area contributed by atoms with Crippen LogP contribution in [0.5, 0.6) is 0 Å². The molecule has 5 aromatic rings. The van der Waals surface area contributed by atoms with Crippen molar-refractivity contribution in [3.8, 4) is 5.82 Å². The van der Waals surface area contributed by atoms with E-state index in [2.05, 4.69) is 58.5 Å². The van der Waals surface area contributed by atoms with Crippen LogP contribution >= 0.6 is 0 Å². The molecule has 1 saturated heterocycles. The quantitative estimate of drug-likeness (QED) is 0.372. The first-order chi connectivity index (χ1) is 18.1. The van der Waals surface area contributed by atoms with Gasteiger partial charge in [0, 0.05) is 43.8 Å². The molecule has 11 nitrogen and oxygen atoms in total. The van der Waals surface area contributed by atoms with Gasteiger partial charge < -0.3 is 10.2 Å². The number of hydrogen-bond acceptors (Lipinski definition) is 9. The Morgan fingerprint density at radius 3 is 2.51 bits per heavy atom. The van der Waals surface area contributed by atoms with Crippen molar-refractivity contribution in [2.75, 3.05) is 23.3 Å². The Bertz CT molecular complexity index is 1500. The SMILES string of the molecule is Cc1nc(-n2cncn2)ccc1Nc1nccn2c(C3CCN(c4ncc(C(C)C)cn4)CC3)ncc12. The average molecular weight is 496 g/mol. The van der Waals surface area contributed by atoms with Gasteiger partial charge in [0.2, 0.25) is 5.95 Å². The Morgan fingerprint density at radius 1 is 1.00 bits per heavy atom. The molecule has 0 bridgehead atoms. The zero-order valence-electron chi connectivity index (χ0n) is 21.2. The van der Waals surface area contributed by atoms with E-state index in [1.165, 1.54) is 6.33 Å². The molecule has 0 amide bonds. The molecular formula is C26H29N11. The van der Waals surface area contributed by atoms with Crippen molar-refractivity contribution in [1.82, 2.24) is 44.1 Å². The van der Waals surface area contributed by atoms with Crippen molar-refractivity contribution >= 4 is 23.0 Å². The third kappa shape index (κ3) is 4.48. The lowest BCUT2D eigenvalue weighted by molar-refractivity contribution is 0.479. The summed E-state index contributed by atoms with van der Waals surface area (Å²) in [7, 11) is 0. The minimum atomic E-state index is 0.356. The van der Waals surface area contributed by atoms with E-state index in [4.69, 9.17) is 4.98 Å². The topological polar surface area (TPSA) is 115 Å². The zero-order chi connectivity index (χ0) is 25.4. The number of aromatic nitrogens is 9. The van der Waals surface area contributed by atoms with Crippen molar-refractivity contribution in [2.24, 2.45) is 0 Å². The Balaban J connectivity index is 1.18. The zero-order valence-corrected chi connectivity index (χ0v) is 21.2. The summed E-state index contributed by atoms with van der Waals surface area (Å²) in [4.78, 5) is 29.5. The van der Waals surface area contributed by atoms with Gasteiger partial charge in [-0.05, 0) is 43.4 Å². The maximum absolute atomic E-state index is 4.82. The van der Waals surface area contributed by atoms with Crippen LogP contribution in [0.25, 0.3) is 11.3 Å². The predicted molar refractivity (Wildman–Crippen MR) is 140 cm³/mol.